The minimum Gasteiger partial charge on any atom is -0.489 e. The van der Waals surface area contributed by atoms with Gasteiger partial charge in [0, 0.05) is 5.92 Å². The van der Waals surface area contributed by atoms with Crippen LogP contribution in [0.2, 0.25) is 0 Å². The summed E-state index contributed by atoms with van der Waals surface area (Å²) in [6.07, 6.45) is 0.920. The molecule has 0 saturated heterocycles. The molecule has 0 amide bonds. The highest BCUT2D eigenvalue weighted by atomic mass is 16.5. The molecule has 0 spiro atoms. The van der Waals surface area contributed by atoms with Crippen molar-refractivity contribution in [3.05, 3.63) is 101 Å². The van der Waals surface area contributed by atoms with Gasteiger partial charge in [-0.2, -0.15) is 0 Å². The first-order valence-corrected chi connectivity index (χ1v) is 9.18. The Labute approximate surface area is 156 Å². The van der Waals surface area contributed by atoms with Gasteiger partial charge in [-0.3, -0.25) is 0 Å². The normalized spacial score (nSPS) is 12.0. The number of hydrogen-bond donors (Lipinski definition) is 1. The Morgan fingerprint density at radius 3 is 2.35 bits per heavy atom. The SMILES string of the molecule is Cc1ccc(C(CN)Cc2cccc(OCc3ccccc3)c2)c(C)c1. The van der Waals surface area contributed by atoms with Crippen LogP contribution >= 0.6 is 0 Å². The van der Waals surface area contributed by atoms with Crippen molar-refractivity contribution in [3.63, 3.8) is 0 Å². The van der Waals surface area contributed by atoms with Crippen molar-refractivity contribution in [2.24, 2.45) is 5.73 Å². The molecule has 1 unspecified atom stereocenters. The van der Waals surface area contributed by atoms with Gasteiger partial charge in [0.2, 0.25) is 0 Å². The monoisotopic (exact) mass is 345 g/mol. The van der Waals surface area contributed by atoms with Crippen LogP contribution in [0.4, 0.5) is 0 Å². The molecular weight excluding hydrogens is 318 g/mol. The van der Waals surface area contributed by atoms with Gasteiger partial charge in [-0.05, 0) is 61.2 Å². The maximum Gasteiger partial charge on any atom is 0.120 e. The number of benzene rings is 3. The second-order valence-electron chi connectivity index (χ2n) is 6.92. The molecule has 2 heteroatoms. The molecule has 3 aromatic rings. The maximum atomic E-state index is 6.10. The van der Waals surface area contributed by atoms with Crippen molar-refractivity contribution >= 4 is 0 Å². The summed E-state index contributed by atoms with van der Waals surface area (Å²) in [6.45, 7) is 5.52. The van der Waals surface area contributed by atoms with Crippen molar-refractivity contribution in [1.29, 1.82) is 0 Å². The van der Waals surface area contributed by atoms with Crippen molar-refractivity contribution in [2.45, 2.75) is 32.8 Å². The largest absolute Gasteiger partial charge is 0.489 e. The lowest BCUT2D eigenvalue weighted by molar-refractivity contribution is 0.306. The first-order valence-electron chi connectivity index (χ1n) is 9.18. The van der Waals surface area contributed by atoms with E-state index in [0.29, 0.717) is 19.1 Å². The van der Waals surface area contributed by atoms with E-state index < -0.39 is 0 Å². The van der Waals surface area contributed by atoms with Crippen LogP contribution in [-0.2, 0) is 13.0 Å². The fourth-order valence-electron chi connectivity index (χ4n) is 3.39. The van der Waals surface area contributed by atoms with E-state index in [9.17, 15) is 0 Å². The number of aryl methyl sites for hydroxylation is 2. The summed E-state index contributed by atoms with van der Waals surface area (Å²) >= 11 is 0. The molecule has 2 N–H and O–H groups in total. The van der Waals surface area contributed by atoms with Crippen LogP contribution in [0.1, 0.15) is 33.7 Å². The first-order chi connectivity index (χ1) is 12.7. The summed E-state index contributed by atoms with van der Waals surface area (Å²) < 4.78 is 5.96. The summed E-state index contributed by atoms with van der Waals surface area (Å²) in [5.74, 6) is 1.22. The summed E-state index contributed by atoms with van der Waals surface area (Å²) in [5.41, 5.74) is 12.5. The van der Waals surface area contributed by atoms with Crippen LogP contribution in [-0.4, -0.2) is 6.54 Å². The van der Waals surface area contributed by atoms with Crippen LogP contribution in [0, 0.1) is 13.8 Å². The van der Waals surface area contributed by atoms with Gasteiger partial charge in [0.25, 0.3) is 0 Å². The molecular formula is C24H27NO. The number of rotatable bonds is 7. The maximum absolute atomic E-state index is 6.10. The molecule has 2 nitrogen and oxygen atoms in total. The molecule has 0 aliphatic rings. The zero-order valence-electron chi connectivity index (χ0n) is 15.6. The lowest BCUT2D eigenvalue weighted by Crippen LogP contribution is -2.16. The quantitative estimate of drug-likeness (QED) is 0.641. The van der Waals surface area contributed by atoms with Gasteiger partial charge in [0.05, 0.1) is 0 Å². The minimum atomic E-state index is 0.319. The smallest absolute Gasteiger partial charge is 0.120 e. The van der Waals surface area contributed by atoms with Gasteiger partial charge in [0.15, 0.2) is 0 Å². The molecule has 0 aliphatic heterocycles. The first kappa shape index (κ1) is 18.2. The highest BCUT2D eigenvalue weighted by Crippen LogP contribution is 2.26. The second-order valence-corrected chi connectivity index (χ2v) is 6.92. The summed E-state index contributed by atoms with van der Waals surface area (Å²) in [5, 5.41) is 0. The molecule has 0 radical (unpaired) electrons. The Morgan fingerprint density at radius 1 is 0.846 bits per heavy atom. The van der Waals surface area contributed by atoms with E-state index in [1.807, 2.05) is 24.3 Å². The third kappa shape index (κ3) is 4.74. The van der Waals surface area contributed by atoms with Crippen LogP contribution in [0.25, 0.3) is 0 Å². The third-order valence-corrected chi connectivity index (χ3v) is 4.78. The lowest BCUT2D eigenvalue weighted by atomic mass is 9.88. The molecule has 26 heavy (non-hydrogen) atoms. The molecule has 1 atom stereocenters. The van der Waals surface area contributed by atoms with Gasteiger partial charge >= 0.3 is 0 Å². The Kier molecular flexibility index (Phi) is 6.08. The Hall–Kier alpha value is -2.58. The predicted molar refractivity (Wildman–Crippen MR) is 109 cm³/mol. The molecule has 3 rings (SSSR count). The fourth-order valence-corrected chi connectivity index (χ4v) is 3.39. The minimum absolute atomic E-state index is 0.319. The van der Waals surface area contributed by atoms with E-state index in [4.69, 9.17) is 10.5 Å². The van der Waals surface area contributed by atoms with Crippen molar-refractivity contribution in [2.75, 3.05) is 6.54 Å². The van der Waals surface area contributed by atoms with Crippen molar-refractivity contribution in [1.82, 2.24) is 0 Å². The topological polar surface area (TPSA) is 35.2 Å². The van der Waals surface area contributed by atoms with Gasteiger partial charge < -0.3 is 10.5 Å². The molecule has 3 aromatic carbocycles. The molecule has 0 fully saturated rings. The van der Waals surface area contributed by atoms with Crippen LogP contribution in [0.15, 0.2) is 72.8 Å². The standard InChI is InChI=1S/C24H27NO/c1-18-11-12-24(19(2)13-18)22(16-25)14-21-9-6-10-23(15-21)26-17-20-7-4-3-5-8-20/h3-13,15,22H,14,16-17,25H2,1-2H3. The van der Waals surface area contributed by atoms with E-state index >= 15 is 0 Å². The summed E-state index contributed by atoms with van der Waals surface area (Å²) in [6, 6.07) is 25.2. The third-order valence-electron chi connectivity index (χ3n) is 4.78. The van der Waals surface area contributed by atoms with Crippen LogP contribution in [0.3, 0.4) is 0 Å². The average molecular weight is 345 g/mol. The van der Waals surface area contributed by atoms with E-state index in [0.717, 1.165) is 12.2 Å². The van der Waals surface area contributed by atoms with E-state index in [1.165, 1.54) is 27.8 Å². The Bertz CT molecular complexity index is 842. The van der Waals surface area contributed by atoms with Crippen LogP contribution in [0.5, 0.6) is 5.75 Å². The lowest BCUT2D eigenvalue weighted by Gasteiger charge is -2.19. The van der Waals surface area contributed by atoms with Crippen molar-refractivity contribution < 1.29 is 4.74 Å². The summed E-state index contributed by atoms with van der Waals surface area (Å²) in [4.78, 5) is 0. The van der Waals surface area contributed by atoms with Gasteiger partial charge in [-0.15, -0.1) is 0 Å². The van der Waals surface area contributed by atoms with Gasteiger partial charge in [0.1, 0.15) is 12.4 Å². The molecule has 134 valence electrons. The zero-order chi connectivity index (χ0) is 18.4. The molecule has 0 heterocycles. The highest BCUT2D eigenvalue weighted by Gasteiger charge is 2.13. The predicted octanol–water partition coefficient (Wildman–Crippen LogP) is 5.17. The fraction of sp³-hybridized carbons (Fsp3) is 0.250. The van der Waals surface area contributed by atoms with E-state index in [-0.39, 0.29) is 0 Å². The van der Waals surface area contributed by atoms with Gasteiger partial charge in [-0.1, -0.05) is 66.2 Å². The average Bonchev–Trinajstić information content (AvgIpc) is 2.66. The highest BCUT2D eigenvalue weighted by molar-refractivity contribution is 5.36. The van der Waals surface area contributed by atoms with E-state index in [2.05, 4.69) is 62.4 Å². The number of hydrogen-bond acceptors (Lipinski definition) is 2. The van der Waals surface area contributed by atoms with E-state index in [1.54, 1.807) is 0 Å². The second kappa shape index (κ2) is 8.68. The molecule has 0 aliphatic carbocycles. The van der Waals surface area contributed by atoms with Crippen molar-refractivity contribution in [3.8, 4) is 5.75 Å². The molecule has 0 bridgehead atoms. The summed E-state index contributed by atoms with van der Waals surface area (Å²) in [7, 11) is 0. The Morgan fingerprint density at radius 2 is 1.62 bits per heavy atom. The number of nitrogens with two attached hydrogens (primary N) is 1. The molecule has 0 saturated carbocycles. The Balaban J connectivity index is 1.70. The number of ether oxygens (including phenoxy) is 1. The van der Waals surface area contributed by atoms with Gasteiger partial charge in [-0.25, -0.2) is 0 Å². The van der Waals surface area contributed by atoms with Crippen LogP contribution < -0.4 is 10.5 Å². The zero-order valence-corrected chi connectivity index (χ0v) is 15.6. The molecule has 0 aromatic heterocycles.